The fraction of sp³-hybridized carbons (Fsp3) is 0.176. The highest BCUT2D eigenvalue weighted by Gasteiger charge is 2.20. The summed E-state index contributed by atoms with van der Waals surface area (Å²) in [5.41, 5.74) is 1.61. The molecule has 0 bridgehead atoms. The standard InChI is InChI=1S/C17H15Cl2NO3/c1-10-5-3-4-6-13(10)17(22)23-11(2)16(21)20-15-8-7-12(18)9-14(15)19/h3-9,11H,1-2H3,(H,20,21). The minimum Gasteiger partial charge on any atom is -0.449 e. The highest BCUT2D eigenvalue weighted by molar-refractivity contribution is 6.36. The van der Waals surface area contributed by atoms with Crippen LogP contribution in [0.5, 0.6) is 0 Å². The molecular weight excluding hydrogens is 337 g/mol. The van der Waals surface area contributed by atoms with Crippen molar-refractivity contribution in [2.75, 3.05) is 5.32 Å². The summed E-state index contributed by atoms with van der Waals surface area (Å²) < 4.78 is 5.19. The van der Waals surface area contributed by atoms with Crippen LogP contribution in [0.1, 0.15) is 22.8 Å². The quantitative estimate of drug-likeness (QED) is 0.825. The second kappa shape index (κ2) is 7.49. The van der Waals surface area contributed by atoms with Gasteiger partial charge in [-0.2, -0.15) is 0 Å². The van der Waals surface area contributed by atoms with Gasteiger partial charge in [0.2, 0.25) is 0 Å². The monoisotopic (exact) mass is 351 g/mol. The molecule has 1 amide bonds. The lowest BCUT2D eigenvalue weighted by Gasteiger charge is -2.15. The average molecular weight is 352 g/mol. The molecule has 0 radical (unpaired) electrons. The molecule has 0 heterocycles. The predicted octanol–water partition coefficient (Wildman–Crippen LogP) is 4.49. The number of esters is 1. The van der Waals surface area contributed by atoms with E-state index in [0.717, 1.165) is 5.56 Å². The number of rotatable bonds is 4. The van der Waals surface area contributed by atoms with Crippen LogP contribution in [0.2, 0.25) is 10.0 Å². The molecule has 0 aromatic heterocycles. The summed E-state index contributed by atoms with van der Waals surface area (Å²) in [6.07, 6.45) is -0.964. The number of carbonyl (C=O) groups is 2. The number of anilines is 1. The maximum atomic E-state index is 12.1. The van der Waals surface area contributed by atoms with Crippen LogP contribution >= 0.6 is 23.2 Å². The van der Waals surface area contributed by atoms with Gasteiger partial charge in [-0.15, -0.1) is 0 Å². The van der Waals surface area contributed by atoms with Crippen molar-refractivity contribution in [2.24, 2.45) is 0 Å². The molecule has 0 spiro atoms. The van der Waals surface area contributed by atoms with Gasteiger partial charge < -0.3 is 10.1 Å². The fourth-order valence-corrected chi connectivity index (χ4v) is 2.36. The van der Waals surface area contributed by atoms with Crippen LogP contribution < -0.4 is 5.32 Å². The Morgan fingerprint density at radius 3 is 2.48 bits per heavy atom. The summed E-state index contributed by atoms with van der Waals surface area (Å²) in [5.74, 6) is -1.02. The first-order valence-corrected chi connectivity index (χ1v) is 7.66. The summed E-state index contributed by atoms with van der Waals surface area (Å²) in [5, 5.41) is 3.38. The lowest BCUT2D eigenvalue weighted by molar-refractivity contribution is -0.123. The molecule has 0 aliphatic heterocycles. The lowest BCUT2D eigenvalue weighted by Crippen LogP contribution is -2.30. The number of carbonyl (C=O) groups excluding carboxylic acids is 2. The SMILES string of the molecule is Cc1ccccc1C(=O)OC(C)C(=O)Nc1ccc(Cl)cc1Cl. The van der Waals surface area contributed by atoms with E-state index in [0.29, 0.717) is 21.3 Å². The first kappa shape index (κ1) is 17.3. The van der Waals surface area contributed by atoms with Crippen LogP contribution in [-0.4, -0.2) is 18.0 Å². The van der Waals surface area contributed by atoms with Gasteiger partial charge in [0.25, 0.3) is 5.91 Å². The molecule has 4 nitrogen and oxygen atoms in total. The molecule has 2 rings (SSSR count). The number of benzene rings is 2. The van der Waals surface area contributed by atoms with Crippen LogP contribution in [0.4, 0.5) is 5.69 Å². The third-order valence-electron chi connectivity index (χ3n) is 3.21. The van der Waals surface area contributed by atoms with Crippen molar-refractivity contribution < 1.29 is 14.3 Å². The predicted molar refractivity (Wildman–Crippen MR) is 91.1 cm³/mol. The Balaban J connectivity index is 2.03. The fourth-order valence-electron chi connectivity index (χ4n) is 1.90. The summed E-state index contributed by atoms with van der Waals surface area (Å²) in [6, 6.07) is 11.7. The van der Waals surface area contributed by atoms with Gasteiger partial charge in [0, 0.05) is 5.02 Å². The maximum Gasteiger partial charge on any atom is 0.339 e. The third-order valence-corrected chi connectivity index (χ3v) is 3.75. The van der Waals surface area contributed by atoms with Gasteiger partial charge in [0.1, 0.15) is 0 Å². The first-order valence-electron chi connectivity index (χ1n) is 6.91. The number of halogens is 2. The van der Waals surface area contributed by atoms with E-state index >= 15 is 0 Å². The zero-order chi connectivity index (χ0) is 17.0. The molecule has 0 aliphatic rings. The number of hydrogen-bond acceptors (Lipinski definition) is 3. The molecule has 1 atom stereocenters. The van der Waals surface area contributed by atoms with Crippen molar-refractivity contribution in [3.8, 4) is 0 Å². The third kappa shape index (κ3) is 4.47. The zero-order valence-corrected chi connectivity index (χ0v) is 14.1. The van der Waals surface area contributed by atoms with E-state index in [1.165, 1.54) is 13.0 Å². The van der Waals surface area contributed by atoms with Crippen molar-refractivity contribution in [2.45, 2.75) is 20.0 Å². The van der Waals surface area contributed by atoms with Crippen molar-refractivity contribution in [3.63, 3.8) is 0 Å². The molecule has 0 saturated heterocycles. The van der Waals surface area contributed by atoms with Crippen molar-refractivity contribution >= 4 is 40.8 Å². The second-order valence-corrected chi connectivity index (χ2v) is 5.82. The van der Waals surface area contributed by atoms with Gasteiger partial charge in [-0.3, -0.25) is 4.79 Å². The second-order valence-electron chi connectivity index (χ2n) is 4.98. The Labute approximate surface area is 144 Å². The van der Waals surface area contributed by atoms with E-state index in [1.807, 2.05) is 6.07 Å². The summed E-state index contributed by atoms with van der Waals surface area (Å²) >= 11 is 11.8. The largest absolute Gasteiger partial charge is 0.449 e. The lowest BCUT2D eigenvalue weighted by atomic mass is 10.1. The zero-order valence-electron chi connectivity index (χ0n) is 12.6. The Bertz CT molecular complexity index is 746. The van der Waals surface area contributed by atoms with Gasteiger partial charge in [0.05, 0.1) is 16.3 Å². The minimum atomic E-state index is -0.964. The number of nitrogens with one attached hydrogen (secondary N) is 1. The van der Waals surface area contributed by atoms with Gasteiger partial charge in [-0.05, 0) is 43.7 Å². The first-order chi connectivity index (χ1) is 10.9. The number of aryl methyl sites for hydroxylation is 1. The molecule has 6 heteroatoms. The molecule has 0 saturated carbocycles. The summed E-state index contributed by atoms with van der Waals surface area (Å²) in [6.45, 7) is 3.30. The molecule has 1 N–H and O–H groups in total. The molecule has 0 fully saturated rings. The minimum absolute atomic E-state index is 0.309. The highest BCUT2D eigenvalue weighted by atomic mass is 35.5. The van der Waals surface area contributed by atoms with Gasteiger partial charge in [-0.25, -0.2) is 4.79 Å². The summed E-state index contributed by atoms with van der Waals surface area (Å²) in [7, 11) is 0. The molecule has 2 aromatic carbocycles. The van der Waals surface area contributed by atoms with Crippen LogP contribution in [0, 0.1) is 6.92 Å². The average Bonchev–Trinajstić information content (AvgIpc) is 2.50. The van der Waals surface area contributed by atoms with Gasteiger partial charge >= 0.3 is 5.97 Å². The molecular formula is C17H15Cl2NO3. The normalized spacial score (nSPS) is 11.7. The van der Waals surface area contributed by atoms with E-state index in [4.69, 9.17) is 27.9 Å². The summed E-state index contributed by atoms with van der Waals surface area (Å²) in [4.78, 5) is 24.2. The number of hydrogen-bond donors (Lipinski definition) is 1. The van der Waals surface area contributed by atoms with E-state index in [1.54, 1.807) is 37.3 Å². The Morgan fingerprint density at radius 1 is 1.13 bits per heavy atom. The topological polar surface area (TPSA) is 55.4 Å². The van der Waals surface area contributed by atoms with E-state index in [2.05, 4.69) is 5.32 Å². The smallest absolute Gasteiger partial charge is 0.339 e. The Hall–Kier alpha value is -2.04. The van der Waals surface area contributed by atoms with E-state index in [9.17, 15) is 9.59 Å². The number of ether oxygens (including phenoxy) is 1. The van der Waals surface area contributed by atoms with Crippen molar-refractivity contribution in [3.05, 3.63) is 63.6 Å². The van der Waals surface area contributed by atoms with Gasteiger partial charge in [-0.1, -0.05) is 41.4 Å². The van der Waals surface area contributed by atoms with Crippen LogP contribution in [0.3, 0.4) is 0 Å². The van der Waals surface area contributed by atoms with Crippen molar-refractivity contribution in [1.82, 2.24) is 0 Å². The molecule has 23 heavy (non-hydrogen) atoms. The highest BCUT2D eigenvalue weighted by Crippen LogP contribution is 2.25. The van der Waals surface area contributed by atoms with Crippen LogP contribution in [0.15, 0.2) is 42.5 Å². The number of amides is 1. The Morgan fingerprint density at radius 2 is 1.83 bits per heavy atom. The van der Waals surface area contributed by atoms with Crippen LogP contribution in [-0.2, 0) is 9.53 Å². The van der Waals surface area contributed by atoms with Gasteiger partial charge in [0.15, 0.2) is 6.10 Å². The van der Waals surface area contributed by atoms with Crippen molar-refractivity contribution in [1.29, 1.82) is 0 Å². The van der Waals surface area contributed by atoms with E-state index in [-0.39, 0.29) is 0 Å². The molecule has 120 valence electrons. The molecule has 2 aromatic rings. The van der Waals surface area contributed by atoms with E-state index < -0.39 is 18.0 Å². The molecule has 1 unspecified atom stereocenters. The maximum absolute atomic E-state index is 12.1. The molecule has 0 aliphatic carbocycles. The van der Waals surface area contributed by atoms with Crippen LogP contribution in [0.25, 0.3) is 0 Å². The Kier molecular flexibility index (Phi) is 5.64.